The van der Waals surface area contributed by atoms with Crippen LogP contribution >= 0.6 is 0 Å². The van der Waals surface area contributed by atoms with Crippen molar-refractivity contribution in [2.24, 2.45) is 11.8 Å². The van der Waals surface area contributed by atoms with E-state index in [0.29, 0.717) is 18.3 Å². The Balaban J connectivity index is 2.72. The van der Waals surface area contributed by atoms with Crippen LogP contribution in [-0.2, 0) is 4.79 Å². The molecular formula is C14H21NO2. The van der Waals surface area contributed by atoms with Gasteiger partial charge in [-0.1, -0.05) is 39.0 Å². The second kappa shape index (κ2) is 6.40. The highest BCUT2D eigenvalue weighted by atomic mass is 16.3. The zero-order valence-corrected chi connectivity index (χ0v) is 10.8. The first kappa shape index (κ1) is 13.7. The van der Waals surface area contributed by atoms with Crippen molar-refractivity contribution >= 4 is 11.6 Å². The number of carbonyl (C=O) groups is 1. The number of para-hydroxylation sites is 1. The molecule has 0 aliphatic rings. The standard InChI is InChI=1S/C14H21NO2/c1-11(2)12(3)9-14(17)15(10-16)13-7-5-4-6-8-13/h4-8,11-12,16H,9-10H2,1-3H3. The lowest BCUT2D eigenvalue weighted by Gasteiger charge is -2.23. The van der Waals surface area contributed by atoms with Crippen LogP contribution in [0.5, 0.6) is 0 Å². The molecule has 0 aliphatic carbocycles. The molecule has 3 heteroatoms. The molecule has 0 saturated carbocycles. The van der Waals surface area contributed by atoms with E-state index in [4.69, 9.17) is 0 Å². The fraction of sp³-hybridized carbons (Fsp3) is 0.500. The van der Waals surface area contributed by atoms with Crippen molar-refractivity contribution in [1.82, 2.24) is 0 Å². The Morgan fingerprint density at radius 1 is 1.24 bits per heavy atom. The second-order valence-electron chi connectivity index (χ2n) is 4.72. The summed E-state index contributed by atoms with van der Waals surface area (Å²) >= 11 is 0. The number of hydrogen-bond donors (Lipinski definition) is 1. The van der Waals surface area contributed by atoms with E-state index < -0.39 is 0 Å². The van der Waals surface area contributed by atoms with Gasteiger partial charge in [0.25, 0.3) is 0 Å². The Labute approximate surface area is 103 Å². The molecule has 94 valence electrons. The summed E-state index contributed by atoms with van der Waals surface area (Å²) in [6.45, 7) is 5.99. The van der Waals surface area contributed by atoms with Crippen molar-refractivity contribution in [2.75, 3.05) is 11.6 Å². The zero-order valence-electron chi connectivity index (χ0n) is 10.8. The van der Waals surface area contributed by atoms with Crippen molar-refractivity contribution < 1.29 is 9.90 Å². The molecule has 0 aliphatic heterocycles. The maximum atomic E-state index is 12.1. The van der Waals surface area contributed by atoms with Crippen molar-refractivity contribution in [3.8, 4) is 0 Å². The minimum atomic E-state index is -0.270. The van der Waals surface area contributed by atoms with Crippen molar-refractivity contribution in [3.05, 3.63) is 30.3 Å². The molecule has 1 atom stereocenters. The highest BCUT2D eigenvalue weighted by Gasteiger charge is 2.18. The number of amides is 1. The molecule has 17 heavy (non-hydrogen) atoms. The number of nitrogens with zero attached hydrogens (tertiary/aromatic N) is 1. The lowest BCUT2D eigenvalue weighted by Crippen LogP contribution is -2.33. The largest absolute Gasteiger partial charge is 0.376 e. The van der Waals surface area contributed by atoms with Crippen LogP contribution in [0.1, 0.15) is 27.2 Å². The highest BCUT2D eigenvalue weighted by Crippen LogP contribution is 2.19. The first-order chi connectivity index (χ1) is 8.06. The van der Waals surface area contributed by atoms with Gasteiger partial charge in [-0.25, -0.2) is 0 Å². The van der Waals surface area contributed by atoms with Crippen LogP contribution in [0, 0.1) is 11.8 Å². The van der Waals surface area contributed by atoms with E-state index in [1.165, 1.54) is 4.90 Å². The average molecular weight is 235 g/mol. The van der Waals surface area contributed by atoms with Gasteiger partial charge in [-0.3, -0.25) is 9.69 Å². The van der Waals surface area contributed by atoms with E-state index in [-0.39, 0.29) is 12.6 Å². The summed E-state index contributed by atoms with van der Waals surface area (Å²) in [4.78, 5) is 13.5. The zero-order chi connectivity index (χ0) is 12.8. The molecule has 1 aromatic carbocycles. The van der Waals surface area contributed by atoms with Gasteiger partial charge in [-0.15, -0.1) is 0 Å². The lowest BCUT2D eigenvalue weighted by molar-refractivity contribution is -0.120. The van der Waals surface area contributed by atoms with E-state index >= 15 is 0 Å². The van der Waals surface area contributed by atoms with Gasteiger partial charge in [0, 0.05) is 12.1 Å². The lowest BCUT2D eigenvalue weighted by atomic mass is 9.94. The van der Waals surface area contributed by atoms with E-state index in [9.17, 15) is 9.90 Å². The molecule has 1 rings (SSSR count). The number of hydrogen-bond acceptors (Lipinski definition) is 2. The predicted octanol–water partition coefficient (Wildman–Crippen LogP) is 2.65. The minimum absolute atomic E-state index is 0.0279. The maximum absolute atomic E-state index is 12.1. The van der Waals surface area contributed by atoms with E-state index in [0.717, 1.165) is 5.69 Å². The summed E-state index contributed by atoms with van der Waals surface area (Å²) in [5.41, 5.74) is 0.746. The molecular weight excluding hydrogens is 214 g/mol. The van der Waals surface area contributed by atoms with Gasteiger partial charge in [-0.2, -0.15) is 0 Å². The van der Waals surface area contributed by atoms with Crippen molar-refractivity contribution in [3.63, 3.8) is 0 Å². The number of aliphatic hydroxyl groups is 1. The third-order valence-electron chi connectivity index (χ3n) is 3.15. The topological polar surface area (TPSA) is 40.5 Å². The summed E-state index contributed by atoms with van der Waals surface area (Å²) in [5, 5.41) is 9.31. The van der Waals surface area contributed by atoms with Gasteiger partial charge >= 0.3 is 0 Å². The van der Waals surface area contributed by atoms with Gasteiger partial charge in [0.15, 0.2) is 0 Å². The van der Waals surface area contributed by atoms with Gasteiger partial charge in [0.2, 0.25) is 5.91 Å². The van der Waals surface area contributed by atoms with Crippen LogP contribution < -0.4 is 4.90 Å². The first-order valence-corrected chi connectivity index (χ1v) is 6.02. The molecule has 0 aromatic heterocycles. The number of carbonyl (C=O) groups excluding carboxylic acids is 1. The summed E-state index contributed by atoms with van der Waals surface area (Å²) in [6.07, 6.45) is 0.465. The molecule has 0 fully saturated rings. The molecule has 0 bridgehead atoms. The average Bonchev–Trinajstić information content (AvgIpc) is 2.31. The SMILES string of the molecule is CC(C)C(C)CC(=O)N(CO)c1ccccc1. The maximum Gasteiger partial charge on any atom is 0.229 e. The van der Waals surface area contributed by atoms with Crippen LogP contribution in [-0.4, -0.2) is 17.7 Å². The van der Waals surface area contributed by atoms with Crippen molar-refractivity contribution in [2.45, 2.75) is 27.2 Å². The molecule has 1 unspecified atom stereocenters. The van der Waals surface area contributed by atoms with Crippen molar-refractivity contribution in [1.29, 1.82) is 0 Å². The van der Waals surface area contributed by atoms with E-state index in [1.54, 1.807) is 0 Å². The Morgan fingerprint density at radius 2 is 1.82 bits per heavy atom. The molecule has 1 N–H and O–H groups in total. The molecule has 0 saturated heterocycles. The number of rotatable bonds is 5. The monoisotopic (exact) mass is 235 g/mol. The van der Waals surface area contributed by atoms with Crippen LogP contribution in [0.25, 0.3) is 0 Å². The van der Waals surface area contributed by atoms with Gasteiger partial charge in [0.1, 0.15) is 6.73 Å². The summed E-state index contributed by atoms with van der Waals surface area (Å²) in [6, 6.07) is 9.26. The third-order valence-corrected chi connectivity index (χ3v) is 3.15. The van der Waals surface area contributed by atoms with Crippen LogP contribution in [0.4, 0.5) is 5.69 Å². The third kappa shape index (κ3) is 3.86. The van der Waals surface area contributed by atoms with E-state index in [2.05, 4.69) is 20.8 Å². The van der Waals surface area contributed by atoms with Gasteiger partial charge in [0.05, 0.1) is 0 Å². The van der Waals surface area contributed by atoms with Crippen LogP contribution in [0.2, 0.25) is 0 Å². The minimum Gasteiger partial charge on any atom is -0.376 e. The first-order valence-electron chi connectivity index (χ1n) is 6.02. The molecule has 0 spiro atoms. The smallest absolute Gasteiger partial charge is 0.229 e. The van der Waals surface area contributed by atoms with Gasteiger partial charge < -0.3 is 5.11 Å². The molecule has 1 amide bonds. The Bertz CT molecular complexity index is 348. The molecule has 0 heterocycles. The number of aliphatic hydroxyl groups excluding tert-OH is 1. The summed E-state index contributed by atoms with van der Waals surface area (Å²) < 4.78 is 0. The molecule has 3 nitrogen and oxygen atoms in total. The summed E-state index contributed by atoms with van der Waals surface area (Å²) in [7, 11) is 0. The highest BCUT2D eigenvalue weighted by molar-refractivity contribution is 5.93. The van der Waals surface area contributed by atoms with Crippen LogP contribution in [0.15, 0.2) is 30.3 Å². The fourth-order valence-corrected chi connectivity index (χ4v) is 1.53. The second-order valence-corrected chi connectivity index (χ2v) is 4.72. The van der Waals surface area contributed by atoms with E-state index in [1.807, 2.05) is 30.3 Å². The molecule has 1 aromatic rings. The fourth-order valence-electron chi connectivity index (χ4n) is 1.53. The normalized spacial score (nSPS) is 12.5. The van der Waals surface area contributed by atoms with Gasteiger partial charge in [-0.05, 0) is 24.0 Å². The Hall–Kier alpha value is -1.35. The van der Waals surface area contributed by atoms with Crippen LogP contribution in [0.3, 0.4) is 0 Å². The summed E-state index contributed by atoms with van der Waals surface area (Å²) in [5.74, 6) is 0.760. The number of anilines is 1. The number of benzene rings is 1. The Morgan fingerprint density at radius 3 is 2.29 bits per heavy atom. The molecule has 0 radical (unpaired) electrons. The quantitative estimate of drug-likeness (QED) is 0.797. The predicted molar refractivity (Wildman–Crippen MR) is 69.6 cm³/mol. The Kier molecular flexibility index (Phi) is 5.16.